The Kier molecular flexibility index (Phi) is 8.20. The van der Waals surface area contributed by atoms with Gasteiger partial charge in [0.1, 0.15) is 11.6 Å². The average Bonchev–Trinajstić information content (AvgIpc) is 3.43. The van der Waals surface area contributed by atoms with Crippen LogP contribution in [0.3, 0.4) is 0 Å². The van der Waals surface area contributed by atoms with Gasteiger partial charge in [-0.2, -0.15) is 0 Å². The van der Waals surface area contributed by atoms with Crippen LogP contribution in [0.2, 0.25) is 5.02 Å². The van der Waals surface area contributed by atoms with Gasteiger partial charge in [-0.3, -0.25) is 4.79 Å². The van der Waals surface area contributed by atoms with Crippen molar-refractivity contribution in [1.82, 2.24) is 9.88 Å². The quantitative estimate of drug-likeness (QED) is 0.343. The predicted octanol–water partition coefficient (Wildman–Crippen LogP) is 6.70. The number of hydrogen-bond donors (Lipinski definition) is 1. The number of rotatable bonds is 7. The Morgan fingerprint density at radius 3 is 2.55 bits per heavy atom. The van der Waals surface area contributed by atoms with Crippen LogP contribution >= 0.6 is 11.6 Å². The summed E-state index contributed by atoms with van der Waals surface area (Å²) in [6.07, 6.45) is 8.39. The second-order valence-electron chi connectivity index (χ2n) is 10.7. The molecule has 2 aliphatic heterocycles. The van der Waals surface area contributed by atoms with E-state index >= 15 is 0 Å². The van der Waals surface area contributed by atoms with Crippen molar-refractivity contribution in [3.63, 3.8) is 0 Å². The maximum absolute atomic E-state index is 12.6. The van der Waals surface area contributed by atoms with E-state index in [1.54, 1.807) is 12.1 Å². The molecule has 0 atom stereocenters. The van der Waals surface area contributed by atoms with Gasteiger partial charge in [-0.05, 0) is 119 Å². The van der Waals surface area contributed by atoms with Gasteiger partial charge in [-0.15, -0.1) is 0 Å². The van der Waals surface area contributed by atoms with Crippen LogP contribution in [0.5, 0.6) is 5.75 Å². The predicted molar refractivity (Wildman–Crippen MR) is 157 cm³/mol. The minimum atomic E-state index is -0.217. The average molecular weight is 533 g/mol. The first kappa shape index (κ1) is 26.5. The van der Waals surface area contributed by atoms with E-state index in [9.17, 15) is 4.79 Å². The number of ether oxygens (including phenoxy) is 1. The van der Waals surface area contributed by atoms with E-state index in [4.69, 9.17) is 21.3 Å². The topological polar surface area (TPSA) is 57.7 Å². The Morgan fingerprint density at radius 2 is 1.84 bits per heavy atom. The zero-order valence-electron chi connectivity index (χ0n) is 22.5. The normalized spacial score (nSPS) is 17.1. The number of likely N-dealkylation sites (tertiary alicyclic amines) is 1. The van der Waals surface area contributed by atoms with Crippen molar-refractivity contribution >= 4 is 46.0 Å². The first-order chi connectivity index (χ1) is 18.4. The Balaban J connectivity index is 1.22. The number of amides is 1. The molecule has 3 heterocycles. The van der Waals surface area contributed by atoms with Gasteiger partial charge >= 0.3 is 0 Å². The fraction of sp³-hybridized carbons (Fsp3) is 0.419. The molecular weight excluding hydrogens is 496 g/mol. The third-order valence-electron chi connectivity index (χ3n) is 7.47. The Bertz CT molecular complexity index is 1320. The largest absolute Gasteiger partial charge is 0.491 e. The minimum Gasteiger partial charge on any atom is -0.491 e. The molecule has 1 amide bonds. The molecule has 2 saturated heterocycles. The fourth-order valence-electron chi connectivity index (χ4n) is 5.52. The van der Waals surface area contributed by atoms with Crippen LogP contribution in [0.1, 0.15) is 50.7 Å². The summed E-state index contributed by atoms with van der Waals surface area (Å²) in [4.78, 5) is 22.7. The molecule has 1 aromatic heterocycles. The van der Waals surface area contributed by atoms with Crippen LogP contribution in [0.25, 0.3) is 17.0 Å². The summed E-state index contributed by atoms with van der Waals surface area (Å²) in [6.45, 7) is 10.7. The maximum atomic E-state index is 12.6. The molecule has 2 fully saturated rings. The number of carbonyl (C=O) groups is 1. The van der Waals surface area contributed by atoms with E-state index in [0.717, 1.165) is 52.7 Å². The Morgan fingerprint density at radius 1 is 1.08 bits per heavy atom. The summed E-state index contributed by atoms with van der Waals surface area (Å²) in [7, 11) is 0. The summed E-state index contributed by atoms with van der Waals surface area (Å²) < 4.78 is 5.67. The third-order valence-corrected chi connectivity index (χ3v) is 7.80. The van der Waals surface area contributed by atoms with Crippen molar-refractivity contribution in [3.8, 4) is 5.75 Å². The second kappa shape index (κ2) is 11.7. The fourth-order valence-corrected chi connectivity index (χ4v) is 5.75. The van der Waals surface area contributed by atoms with E-state index in [1.807, 2.05) is 44.2 Å². The van der Waals surface area contributed by atoms with Crippen LogP contribution < -0.4 is 15.0 Å². The molecule has 0 spiro atoms. The number of nitrogens with one attached hydrogen (secondary N) is 1. The number of piperidine rings is 1. The van der Waals surface area contributed by atoms with Crippen LogP contribution in [0.4, 0.5) is 11.5 Å². The zero-order valence-corrected chi connectivity index (χ0v) is 23.3. The number of fused-ring (bicyclic) bond motifs is 1. The third kappa shape index (κ3) is 6.30. The molecule has 1 N–H and O–H groups in total. The number of carbonyl (C=O) groups excluding carboxylic acids is 1. The molecule has 7 heteroatoms. The molecule has 2 aliphatic rings. The highest BCUT2D eigenvalue weighted by Gasteiger charge is 2.27. The standard InChI is InChI=1S/C31H37ClN4O2/c1-21(2)38-26-9-6-23(28(32)20-26)7-11-31(37)33-24-8-10-29-27(19-24)22(3)18-30(34-29)36-16-12-25(13-17-36)35-14-4-5-15-35/h6-11,18-21,25H,4-5,12-17H2,1-3H3,(H,33,37)/b11-7+. The van der Waals surface area contributed by atoms with Gasteiger partial charge in [0.15, 0.2) is 0 Å². The lowest BCUT2D eigenvalue weighted by atomic mass is 10.0. The highest BCUT2D eigenvalue weighted by Crippen LogP contribution is 2.29. The molecular formula is C31H37ClN4O2. The number of hydrogen-bond acceptors (Lipinski definition) is 5. The smallest absolute Gasteiger partial charge is 0.248 e. The lowest BCUT2D eigenvalue weighted by Gasteiger charge is -2.37. The molecule has 6 nitrogen and oxygen atoms in total. The van der Waals surface area contributed by atoms with E-state index in [0.29, 0.717) is 10.8 Å². The van der Waals surface area contributed by atoms with Crippen LogP contribution in [0, 0.1) is 6.92 Å². The van der Waals surface area contributed by atoms with Gasteiger partial charge in [-0.1, -0.05) is 11.6 Å². The van der Waals surface area contributed by atoms with Crippen LogP contribution in [0.15, 0.2) is 48.5 Å². The molecule has 0 unspecified atom stereocenters. The van der Waals surface area contributed by atoms with E-state index < -0.39 is 0 Å². The molecule has 0 bridgehead atoms. The van der Waals surface area contributed by atoms with Crippen molar-refractivity contribution in [2.45, 2.75) is 58.6 Å². The number of aromatic nitrogens is 1. The molecule has 0 radical (unpaired) electrons. The van der Waals surface area contributed by atoms with Gasteiger partial charge in [0, 0.05) is 36.3 Å². The van der Waals surface area contributed by atoms with Gasteiger partial charge in [0.05, 0.1) is 16.6 Å². The second-order valence-corrected chi connectivity index (χ2v) is 11.1. The van der Waals surface area contributed by atoms with Crippen molar-refractivity contribution < 1.29 is 9.53 Å². The number of nitrogens with zero attached hydrogens (tertiary/aromatic N) is 3. The zero-order chi connectivity index (χ0) is 26.6. The summed E-state index contributed by atoms with van der Waals surface area (Å²) in [5, 5.41) is 4.55. The Hall–Kier alpha value is -3.09. The number of aryl methyl sites for hydroxylation is 1. The molecule has 2 aromatic carbocycles. The SMILES string of the molecule is Cc1cc(N2CCC(N3CCCC3)CC2)nc2ccc(NC(=O)/C=C/c3ccc(OC(C)C)cc3Cl)cc12. The van der Waals surface area contributed by atoms with Crippen LogP contribution in [-0.2, 0) is 4.79 Å². The number of benzene rings is 2. The molecule has 0 aliphatic carbocycles. The minimum absolute atomic E-state index is 0.0720. The lowest BCUT2D eigenvalue weighted by molar-refractivity contribution is -0.111. The first-order valence-electron chi connectivity index (χ1n) is 13.7. The van der Waals surface area contributed by atoms with Gasteiger partial charge in [0.25, 0.3) is 0 Å². The Labute approximate surface area is 230 Å². The summed E-state index contributed by atoms with van der Waals surface area (Å²) in [6, 6.07) is 14.3. The van der Waals surface area contributed by atoms with Crippen molar-refractivity contribution in [3.05, 3.63) is 64.7 Å². The molecule has 3 aromatic rings. The lowest BCUT2D eigenvalue weighted by Crippen LogP contribution is -2.44. The highest BCUT2D eigenvalue weighted by molar-refractivity contribution is 6.32. The van der Waals surface area contributed by atoms with Gasteiger partial charge < -0.3 is 19.9 Å². The number of halogens is 1. The summed E-state index contributed by atoms with van der Waals surface area (Å²) in [5.74, 6) is 1.55. The molecule has 38 heavy (non-hydrogen) atoms. The van der Waals surface area contributed by atoms with E-state index in [-0.39, 0.29) is 12.0 Å². The molecule has 5 rings (SSSR count). The molecule has 0 saturated carbocycles. The molecule has 200 valence electrons. The monoisotopic (exact) mass is 532 g/mol. The van der Waals surface area contributed by atoms with Crippen molar-refractivity contribution in [2.75, 3.05) is 36.4 Å². The van der Waals surface area contributed by atoms with E-state index in [1.165, 1.54) is 44.8 Å². The van der Waals surface area contributed by atoms with Gasteiger partial charge in [0.2, 0.25) is 5.91 Å². The first-order valence-corrected chi connectivity index (χ1v) is 14.1. The number of anilines is 2. The summed E-state index contributed by atoms with van der Waals surface area (Å²) >= 11 is 6.37. The van der Waals surface area contributed by atoms with Crippen molar-refractivity contribution in [1.29, 1.82) is 0 Å². The van der Waals surface area contributed by atoms with Gasteiger partial charge in [-0.25, -0.2) is 4.98 Å². The van der Waals surface area contributed by atoms with Crippen molar-refractivity contribution in [2.24, 2.45) is 0 Å². The van der Waals surface area contributed by atoms with Crippen LogP contribution in [-0.4, -0.2) is 54.1 Å². The van der Waals surface area contributed by atoms with E-state index in [2.05, 4.69) is 28.1 Å². The number of pyridine rings is 1. The highest BCUT2D eigenvalue weighted by atomic mass is 35.5. The maximum Gasteiger partial charge on any atom is 0.248 e. The summed E-state index contributed by atoms with van der Waals surface area (Å²) in [5.41, 5.74) is 3.61.